The Morgan fingerprint density at radius 3 is 1.73 bits per heavy atom. The smallest absolute Gasteiger partial charge is 0.283 e. The van der Waals surface area contributed by atoms with E-state index in [2.05, 4.69) is 4.98 Å². The van der Waals surface area contributed by atoms with E-state index >= 15 is 0 Å². The maximum atomic E-state index is 10.3. The molecule has 2 aromatic carbocycles. The first kappa shape index (κ1) is 18.2. The first-order valence-corrected chi connectivity index (χ1v) is 6.96. The third kappa shape index (κ3) is 4.23. The Balaban J connectivity index is 0.000000195. The molecular formula is C15H11N5O6. The number of hydrogen-bond acceptors (Lipinski definition) is 8. The number of nitrogens with two attached hydrogens (primary N) is 1. The quantitative estimate of drug-likeness (QED) is 0.423. The van der Waals surface area contributed by atoms with Gasteiger partial charge in [-0.3, -0.25) is 35.3 Å². The number of nitro benzene ring substituents is 3. The standard InChI is InChI=1S/C9H8N2.C6H3N3O6/c10-9-3-1-2-7-6-11-5-4-8(7)9;10-7(11)4-1-5(8(12)13)3-6(2-4)9(14)15/h1-6H,10H2;1-3H. The highest BCUT2D eigenvalue weighted by Gasteiger charge is 2.21. The van der Waals surface area contributed by atoms with E-state index in [4.69, 9.17) is 5.73 Å². The zero-order valence-corrected chi connectivity index (χ0v) is 13.0. The fraction of sp³-hybridized carbons (Fsp3) is 0. The summed E-state index contributed by atoms with van der Waals surface area (Å²) >= 11 is 0. The van der Waals surface area contributed by atoms with Crippen molar-refractivity contribution in [2.75, 3.05) is 5.73 Å². The molecule has 0 aliphatic heterocycles. The lowest BCUT2D eigenvalue weighted by molar-refractivity contribution is -0.403. The van der Waals surface area contributed by atoms with Crippen molar-refractivity contribution in [1.82, 2.24) is 4.98 Å². The van der Waals surface area contributed by atoms with Gasteiger partial charge in [-0.25, -0.2) is 0 Å². The topological polar surface area (TPSA) is 168 Å². The van der Waals surface area contributed by atoms with Crippen LogP contribution < -0.4 is 5.73 Å². The monoisotopic (exact) mass is 357 g/mol. The Morgan fingerprint density at radius 2 is 1.31 bits per heavy atom. The van der Waals surface area contributed by atoms with Crippen LogP contribution in [0.4, 0.5) is 22.7 Å². The number of non-ortho nitro benzene ring substituents is 3. The molecule has 2 N–H and O–H groups in total. The predicted molar refractivity (Wildman–Crippen MR) is 92.6 cm³/mol. The van der Waals surface area contributed by atoms with Crippen molar-refractivity contribution in [3.8, 4) is 0 Å². The van der Waals surface area contributed by atoms with Crippen molar-refractivity contribution < 1.29 is 14.8 Å². The van der Waals surface area contributed by atoms with Gasteiger partial charge < -0.3 is 5.73 Å². The molecule has 3 aromatic rings. The van der Waals surface area contributed by atoms with Crippen molar-refractivity contribution in [3.05, 3.63) is 85.2 Å². The number of fused-ring (bicyclic) bond motifs is 1. The third-order valence-corrected chi connectivity index (χ3v) is 3.23. The second kappa shape index (κ2) is 7.61. The predicted octanol–water partition coefficient (Wildman–Crippen LogP) is 3.23. The van der Waals surface area contributed by atoms with Crippen LogP contribution in [0.2, 0.25) is 0 Å². The molecular weight excluding hydrogens is 346 g/mol. The number of anilines is 1. The van der Waals surface area contributed by atoms with Gasteiger partial charge in [-0.15, -0.1) is 0 Å². The molecule has 0 fully saturated rings. The molecule has 3 rings (SSSR count). The van der Waals surface area contributed by atoms with Crippen LogP contribution in [-0.4, -0.2) is 19.8 Å². The van der Waals surface area contributed by atoms with Crippen LogP contribution in [0, 0.1) is 30.3 Å². The van der Waals surface area contributed by atoms with Crippen LogP contribution in [-0.2, 0) is 0 Å². The van der Waals surface area contributed by atoms with E-state index in [1.54, 1.807) is 6.20 Å². The molecule has 11 heteroatoms. The van der Waals surface area contributed by atoms with Crippen molar-refractivity contribution in [2.24, 2.45) is 0 Å². The summed E-state index contributed by atoms with van der Waals surface area (Å²) in [5.41, 5.74) is 4.49. The highest BCUT2D eigenvalue weighted by molar-refractivity contribution is 5.91. The molecule has 0 radical (unpaired) electrons. The maximum absolute atomic E-state index is 10.3. The number of pyridine rings is 1. The average molecular weight is 357 g/mol. The van der Waals surface area contributed by atoms with Gasteiger partial charge in [-0.2, -0.15) is 0 Å². The van der Waals surface area contributed by atoms with Gasteiger partial charge in [0.15, 0.2) is 0 Å². The van der Waals surface area contributed by atoms with Crippen LogP contribution in [0.25, 0.3) is 10.8 Å². The SMILES string of the molecule is Nc1cccc2cnccc12.O=[N+]([O-])c1cc([N+](=O)[O-])cc([N+](=O)[O-])c1. The van der Waals surface area contributed by atoms with Crippen molar-refractivity contribution >= 4 is 33.5 Å². The number of rotatable bonds is 3. The average Bonchev–Trinajstić information content (AvgIpc) is 2.62. The molecule has 1 heterocycles. The Kier molecular flexibility index (Phi) is 5.33. The molecule has 0 unspecified atom stereocenters. The fourth-order valence-corrected chi connectivity index (χ4v) is 2.04. The minimum atomic E-state index is -0.931. The number of nitrogens with zero attached hydrogens (tertiary/aromatic N) is 4. The lowest BCUT2D eigenvalue weighted by atomic mass is 10.1. The van der Waals surface area contributed by atoms with E-state index in [0.717, 1.165) is 16.5 Å². The van der Waals surface area contributed by atoms with Gasteiger partial charge in [0.1, 0.15) is 0 Å². The highest BCUT2D eigenvalue weighted by Crippen LogP contribution is 2.26. The Hall–Kier alpha value is -4.15. The van der Waals surface area contributed by atoms with Crippen molar-refractivity contribution in [3.63, 3.8) is 0 Å². The molecule has 0 spiro atoms. The van der Waals surface area contributed by atoms with Gasteiger partial charge in [-0.1, -0.05) is 12.1 Å². The van der Waals surface area contributed by atoms with E-state index in [9.17, 15) is 30.3 Å². The fourth-order valence-electron chi connectivity index (χ4n) is 2.04. The summed E-state index contributed by atoms with van der Waals surface area (Å²) in [7, 11) is 0. The third-order valence-electron chi connectivity index (χ3n) is 3.23. The second-order valence-electron chi connectivity index (χ2n) is 4.92. The zero-order valence-electron chi connectivity index (χ0n) is 13.0. The van der Waals surface area contributed by atoms with Crippen LogP contribution in [0.5, 0.6) is 0 Å². The van der Waals surface area contributed by atoms with Gasteiger partial charge in [0, 0.05) is 28.9 Å². The number of nitro groups is 3. The Labute approximate surface area is 145 Å². The van der Waals surface area contributed by atoms with Crippen molar-refractivity contribution in [2.45, 2.75) is 0 Å². The van der Waals surface area contributed by atoms with E-state index in [-0.39, 0.29) is 0 Å². The Bertz CT molecular complexity index is 922. The normalized spacial score (nSPS) is 9.85. The molecule has 0 aliphatic rings. The summed E-state index contributed by atoms with van der Waals surface area (Å²) < 4.78 is 0. The summed E-state index contributed by atoms with van der Waals surface area (Å²) in [4.78, 5) is 32.1. The summed E-state index contributed by atoms with van der Waals surface area (Å²) in [6.07, 6.45) is 3.56. The van der Waals surface area contributed by atoms with Crippen LogP contribution >= 0.6 is 0 Å². The molecule has 0 aliphatic carbocycles. The number of benzene rings is 2. The minimum Gasteiger partial charge on any atom is -0.398 e. The molecule has 1 aromatic heterocycles. The zero-order chi connectivity index (χ0) is 19.3. The van der Waals surface area contributed by atoms with Gasteiger partial charge in [0.25, 0.3) is 17.1 Å². The summed E-state index contributed by atoms with van der Waals surface area (Å²) in [6, 6.07) is 9.72. The van der Waals surface area contributed by atoms with E-state index in [1.807, 2.05) is 30.5 Å². The lowest BCUT2D eigenvalue weighted by Crippen LogP contribution is -1.96. The largest absolute Gasteiger partial charge is 0.398 e. The molecule has 0 saturated carbocycles. The second-order valence-corrected chi connectivity index (χ2v) is 4.92. The first-order chi connectivity index (χ1) is 12.3. The number of hydrogen-bond donors (Lipinski definition) is 1. The van der Waals surface area contributed by atoms with Crippen LogP contribution in [0.3, 0.4) is 0 Å². The number of nitrogen functional groups attached to an aromatic ring is 1. The Morgan fingerprint density at radius 1 is 0.808 bits per heavy atom. The first-order valence-electron chi connectivity index (χ1n) is 6.96. The molecule has 11 nitrogen and oxygen atoms in total. The summed E-state index contributed by atoms with van der Waals surface area (Å²) in [6.45, 7) is 0. The molecule has 0 saturated heterocycles. The van der Waals surface area contributed by atoms with Crippen LogP contribution in [0.1, 0.15) is 0 Å². The van der Waals surface area contributed by atoms with Gasteiger partial charge in [0.05, 0.1) is 33.0 Å². The highest BCUT2D eigenvalue weighted by atomic mass is 16.6. The van der Waals surface area contributed by atoms with Gasteiger partial charge in [-0.05, 0) is 12.1 Å². The molecule has 0 amide bonds. The minimum absolute atomic E-state index is 0.660. The molecule has 0 bridgehead atoms. The molecule has 132 valence electrons. The maximum Gasteiger partial charge on any atom is 0.283 e. The summed E-state index contributed by atoms with van der Waals surface area (Å²) in [5.74, 6) is 0. The van der Waals surface area contributed by atoms with Gasteiger partial charge >= 0.3 is 0 Å². The molecule has 0 atom stereocenters. The lowest BCUT2D eigenvalue weighted by Gasteiger charge is -1.98. The molecule has 26 heavy (non-hydrogen) atoms. The van der Waals surface area contributed by atoms with Crippen LogP contribution in [0.15, 0.2) is 54.9 Å². The van der Waals surface area contributed by atoms with E-state index < -0.39 is 31.8 Å². The van der Waals surface area contributed by atoms with Gasteiger partial charge in [0.2, 0.25) is 0 Å². The van der Waals surface area contributed by atoms with E-state index in [0.29, 0.717) is 18.2 Å². The van der Waals surface area contributed by atoms with Crippen molar-refractivity contribution in [1.29, 1.82) is 0 Å². The number of aromatic nitrogens is 1. The summed E-state index contributed by atoms with van der Waals surface area (Å²) in [5, 5.41) is 33.1. The van der Waals surface area contributed by atoms with E-state index in [1.165, 1.54) is 0 Å².